The first-order valence-corrected chi connectivity index (χ1v) is 8.33. The Morgan fingerprint density at radius 1 is 1.25 bits per heavy atom. The van der Waals surface area contributed by atoms with E-state index in [2.05, 4.69) is 43.4 Å². The lowest BCUT2D eigenvalue weighted by Crippen LogP contribution is -2.30. The largest absolute Gasteiger partial charge is 0.465 e. The molecule has 20 heavy (non-hydrogen) atoms. The van der Waals surface area contributed by atoms with Gasteiger partial charge in [-0.25, -0.2) is 0 Å². The van der Waals surface area contributed by atoms with Gasteiger partial charge < -0.3 is 10.1 Å². The molecule has 0 saturated carbocycles. The molecule has 112 valence electrons. The molecular weight excluding hydrogens is 270 g/mol. The smallest absolute Gasteiger partial charge is 0.315 e. The molecule has 1 N–H and O–H groups in total. The summed E-state index contributed by atoms with van der Waals surface area (Å²) in [5.41, 5.74) is 1.28. The molecule has 0 aliphatic heterocycles. The molecule has 0 saturated heterocycles. The van der Waals surface area contributed by atoms with Gasteiger partial charge in [0, 0.05) is 11.3 Å². The van der Waals surface area contributed by atoms with Crippen LogP contribution in [0, 0.1) is 0 Å². The lowest BCUT2D eigenvalue weighted by Gasteiger charge is -2.27. The number of esters is 1. The third kappa shape index (κ3) is 5.55. The van der Waals surface area contributed by atoms with Crippen LogP contribution in [0.15, 0.2) is 30.3 Å². The molecule has 0 aliphatic rings. The standard InChI is InChI=1S/C16H25NO2S/c1-4-14(20-12-15(18)19-6-3)16(17-5-2)13-10-8-7-9-11-13/h7-11,14,16-17H,4-6,12H2,1-3H3. The van der Waals surface area contributed by atoms with E-state index in [1.165, 1.54) is 5.56 Å². The normalized spacial score (nSPS) is 13.8. The minimum Gasteiger partial charge on any atom is -0.465 e. The molecule has 0 bridgehead atoms. The molecular formula is C16H25NO2S. The second kappa shape index (κ2) is 9.83. The van der Waals surface area contributed by atoms with Crippen molar-refractivity contribution in [1.82, 2.24) is 5.32 Å². The van der Waals surface area contributed by atoms with Crippen molar-refractivity contribution in [2.75, 3.05) is 18.9 Å². The Bertz CT molecular complexity index is 383. The van der Waals surface area contributed by atoms with Crippen LogP contribution in [0.3, 0.4) is 0 Å². The van der Waals surface area contributed by atoms with Gasteiger partial charge in [0.25, 0.3) is 0 Å². The summed E-state index contributed by atoms with van der Waals surface area (Å²) in [6.07, 6.45) is 1.01. The van der Waals surface area contributed by atoms with E-state index in [0.717, 1.165) is 13.0 Å². The number of thioether (sulfide) groups is 1. The Balaban J connectivity index is 2.69. The van der Waals surface area contributed by atoms with E-state index >= 15 is 0 Å². The average Bonchev–Trinajstić information content (AvgIpc) is 2.48. The Kier molecular flexibility index (Phi) is 8.38. The summed E-state index contributed by atoms with van der Waals surface area (Å²) in [6, 6.07) is 10.7. The van der Waals surface area contributed by atoms with Crippen LogP contribution in [-0.4, -0.2) is 30.1 Å². The Morgan fingerprint density at radius 2 is 1.95 bits per heavy atom. The van der Waals surface area contributed by atoms with Crippen LogP contribution in [-0.2, 0) is 9.53 Å². The molecule has 2 unspecified atom stereocenters. The van der Waals surface area contributed by atoms with Crippen LogP contribution < -0.4 is 5.32 Å². The zero-order valence-corrected chi connectivity index (χ0v) is 13.4. The fourth-order valence-electron chi connectivity index (χ4n) is 2.17. The molecule has 0 fully saturated rings. The zero-order valence-electron chi connectivity index (χ0n) is 12.6. The van der Waals surface area contributed by atoms with Crippen LogP contribution in [0.25, 0.3) is 0 Å². The van der Waals surface area contributed by atoms with E-state index in [0.29, 0.717) is 17.6 Å². The summed E-state index contributed by atoms with van der Waals surface area (Å²) < 4.78 is 5.00. The summed E-state index contributed by atoms with van der Waals surface area (Å²) in [6.45, 7) is 7.47. The molecule has 4 heteroatoms. The van der Waals surface area contributed by atoms with Crippen molar-refractivity contribution in [2.45, 2.75) is 38.5 Å². The quantitative estimate of drug-likeness (QED) is 0.709. The van der Waals surface area contributed by atoms with Gasteiger partial charge in [0.1, 0.15) is 0 Å². The van der Waals surface area contributed by atoms with Crippen LogP contribution >= 0.6 is 11.8 Å². The number of rotatable bonds is 9. The van der Waals surface area contributed by atoms with Crippen molar-refractivity contribution < 1.29 is 9.53 Å². The van der Waals surface area contributed by atoms with Crippen LogP contribution in [0.2, 0.25) is 0 Å². The van der Waals surface area contributed by atoms with E-state index in [1.807, 2.05) is 13.0 Å². The predicted octanol–water partition coefficient (Wildman–Crippen LogP) is 3.41. The number of nitrogens with one attached hydrogen (secondary N) is 1. The van der Waals surface area contributed by atoms with Gasteiger partial charge in [-0.1, -0.05) is 44.2 Å². The molecule has 0 heterocycles. The zero-order chi connectivity index (χ0) is 14.8. The number of ether oxygens (including phenoxy) is 1. The van der Waals surface area contributed by atoms with E-state index in [4.69, 9.17) is 4.74 Å². The number of hydrogen-bond acceptors (Lipinski definition) is 4. The van der Waals surface area contributed by atoms with Crippen molar-refractivity contribution in [2.24, 2.45) is 0 Å². The highest BCUT2D eigenvalue weighted by molar-refractivity contribution is 8.00. The van der Waals surface area contributed by atoms with Gasteiger partial charge in [0.05, 0.1) is 12.4 Å². The summed E-state index contributed by atoms with van der Waals surface area (Å²) in [5.74, 6) is 0.292. The molecule has 0 amide bonds. The minimum atomic E-state index is -0.126. The summed E-state index contributed by atoms with van der Waals surface area (Å²) >= 11 is 1.68. The maximum absolute atomic E-state index is 11.5. The van der Waals surface area contributed by atoms with Gasteiger partial charge in [-0.3, -0.25) is 4.79 Å². The number of carbonyl (C=O) groups excluding carboxylic acids is 1. The first-order chi connectivity index (χ1) is 9.72. The number of benzene rings is 1. The Labute approximate surface area is 126 Å². The van der Waals surface area contributed by atoms with Crippen molar-refractivity contribution in [3.8, 4) is 0 Å². The highest BCUT2D eigenvalue weighted by Gasteiger charge is 2.22. The highest BCUT2D eigenvalue weighted by atomic mass is 32.2. The Morgan fingerprint density at radius 3 is 2.50 bits per heavy atom. The highest BCUT2D eigenvalue weighted by Crippen LogP contribution is 2.29. The third-order valence-electron chi connectivity index (χ3n) is 3.08. The predicted molar refractivity (Wildman–Crippen MR) is 86.0 cm³/mol. The van der Waals surface area contributed by atoms with Gasteiger partial charge >= 0.3 is 5.97 Å². The van der Waals surface area contributed by atoms with E-state index in [9.17, 15) is 4.79 Å². The van der Waals surface area contributed by atoms with E-state index in [1.54, 1.807) is 11.8 Å². The average molecular weight is 295 g/mol. The number of hydrogen-bond donors (Lipinski definition) is 1. The Hall–Kier alpha value is -1.00. The van der Waals surface area contributed by atoms with Crippen LogP contribution in [0.1, 0.15) is 38.8 Å². The second-order valence-corrected chi connectivity index (χ2v) is 5.74. The summed E-state index contributed by atoms with van der Waals surface area (Å²) in [4.78, 5) is 11.5. The summed E-state index contributed by atoms with van der Waals surface area (Å²) in [5, 5.41) is 3.90. The first kappa shape index (κ1) is 17.1. The minimum absolute atomic E-state index is 0.126. The third-order valence-corrected chi connectivity index (χ3v) is 4.51. The maximum atomic E-state index is 11.5. The number of carbonyl (C=O) groups is 1. The molecule has 0 aliphatic carbocycles. The maximum Gasteiger partial charge on any atom is 0.315 e. The SMILES string of the molecule is CCNC(c1ccccc1)C(CC)SCC(=O)OCC. The summed E-state index contributed by atoms with van der Waals surface area (Å²) in [7, 11) is 0. The molecule has 0 radical (unpaired) electrons. The molecule has 1 aromatic rings. The monoisotopic (exact) mass is 295 g/mol. The first-order valence-electron chi connectivity index (χ1n) is 7.28. The van der Waals surface area contributed by atoms with Gasteiger partial charge in [-0.05, 0) is 25.5 Å². The molecule has 1 aromatic carbocycles. The molecule has 1 rings (SSSR count). The van der Waals surface area contributed by atoms with Gasteiger partial charge in [0.2, 0.25) is 0 Å². The van der Waals surface area contributed by atoms with Gasteiger partial charge in [-0.15, -0.1) is 11.8 Å². The van der Waals surface area contributed by atoms with Crippen LogP contribution in [0.5, 0.6) is 0 Å². The van der Waals surface area contributed by atoms with Crippen molar-refractivity contribution in [1.29, 1.82) is 0 Å². The van der Waals surface area contributed by atoms with E-state index < -0.39 is 0 Å². The van der Waals surface area contributed by atoms with E-state index in [-0.39, 0.29) is 12.0 Å². The lowest BCUT2D eigenvalue weighted by atomic mass is 10.0. The second-order valence-electron chi connectivity index (χ2n) is 4.51. The van der Waals surface area contributed by atoms with Crippen molar-refractivity contribution in [3.63, 3.8) is 0 Å². The fraction of sp³-hybridized carbons (Fsp3) is 0.562. The molecule has 0 spiro atoms. The van der Waals surface area contributed by atoms with Crippen molar-refractivity contribution >= 4 is 17.7 Å². The van der Waals surface area contributed by atoms with Crippen molar-refractivity contribution in [3.05, 3.63) is 35.9 Å². The van der Waals surface area contributed by atoms with Crippen LogP contribution in [0.4, 0.5) is 0 Å². The molecule has 3 nitrogen and oxygen atoms in total. The van der Waals surface area contributed by atoms with Gasteiger partial charge in [-0.2, -0.15) is 0 Å². The fourth-order valence-corrected chi connectivity index (χ4v) is 3.29. The van der Waals surface area contributed by atoms with Gasteiger partial charge in [0.15, 0.2) is 0 Å². The molecule has 2 atom stereocenters. The molecule has 0 aromatic heterocycles. The lowest BCUT2D eigenvalue weighted by molar-refractivity contribution is -0.139. The topological polar surface area (TPSA) is 38.3 Å².